The molecule has 1 heterocycles. The molecule has 0 saturated carbocycles. The molecule has 2 aromatic rings. The van der Waals surface area contributed by atoms with Gasteiger partial charge in [-0.2, -0.15) is 0 Å². The molecule has 23 heavy (non-hydrogen) atoms. The number of hydrogen-bond acceptors (Lipinski definition) is 5. The number of benzene rings is 1. The van der Waals surface area contributed by atoms with Crippen molar-refractivity contribution in [3.05, 3.63) is 40.3 Å². The minimum absolute atomic E-state index is 0.127. The molecule has 124 valence electrons. The van der Waals surface area contributed by atoms with Crippen molar-refractivity contribution in [2.45, 2.75) is 11.1 Å². The lowest BCUT2D eigenvalue weighted by Gasteiger charge is -2.09. The van der Waals surface area contributed by atoms with E-state index in [-0.39, 0.29) is 20.3 Å². The fourth-order valence-electron chi connectivity index (χ4n) is 1.82. The minimum atomic E-state index is -4.17. The van der Waals surface area contributed by atoms with Crippen molar-refractivity contribution in [2.24, 2.45) is 0 Å². The Labute approximate surface area is 134 Å². The fraction of sp³-hybridized carbons (Fsp3) is 0.154. The molecule has 10 heteroatoms. The number of rotatable bonds is 5. The number of halogens is 2. The van der Waals surface area contributed by atoms with Crippen LogP contribution in [0.2, 0.25) is 0 Å². The number of carbonyl (C=O) groups is 1. The van der Waals surface area contributed by atoms with Gasteiger partial charge in [0.25, 0.3) is 10.0 Å². The molecule has 0 spiro atoms. The summed E-state index contributed by atoms with van der Waals surface area (Å²) in [5.41, 5.74) is -0.0707. The van der Waals surface area contributed by atoms with Crippen LogP contribution in [-0.4, -0.2) is 26.6 Å². The van der Waals surface area contributed by atoms with Crippen LogP contribution < -0.4 is 9.46 Å². The van der Waals surface area contributed by atoms with Crippen LogP contribution in [0.5, 0.6) is 5.75 Å². The zero-order valence-corrected chi connectivity index (χ0v) is 13.5. The summed E-state index contributed by atoms with van der Waals surface area (Å²) in [6.07, 6.45) is 0. The number of carboxylic acid groups (broad SMARTS) is 1. The largest absolute Gasteiger partial charge is 0.491 e. The van der Waals surface area contributed by atoms with Gasteiger partial charge in [0, 0.05) is 12.1 Å². The van der Waals surface area contributed by atoms with Crippen LogP contribution in [0.1, 0.15) is 15.2 Å². The first-order valence-electron chi connectivity index (χ1n) is 6.05. The van der Waals surface area contributed by atoms with Crippen LogP contribution in [0.3, 0.4) is 0 Å². The molecular formula is C13H11F2NO5S2. The Bertz CT molecular complexity index is 853. The molecule has 0 aliphatic heterocycles. The van der Waals surface area contributed by atoms with Gasteiger partial charge >= 0.3 is 5.97 Å². The molecule has 0 bridgehead atoms. The topological polar surface area (TPSA) is 92.7 Å². The smallest absolute Gasteiger partial charge is 0.346 e. The number of hydrogen-bond donors (Lipinski definition) is 2. The molecule has 0 aliphatic carbocycles. The molecule has 2 rings (SSSR count). The zero-order valence-electron chi connectivity index (χ0n) is 11.9. The Morgan fingerprint density at radius 1 is 1.26 bits per heavy atom. The van der Waals surface area contributed by atoms with Gasteiger partial charge < -0.3 is 9.84 Å². The van der Waals surface area contributed by atoms with Crippen molar-refractivity contribution in [3.8, 4) is 5.75 Å². The number of methoxy groups -OCH3 is 1. The summed E-state index contributed by atoms with van der Waals surface area (Å²) in [6.45, 7) is 1.45. The first-order chi connectivity index (χ1) is 10.7. The predicted octanol–water partition coefficient (Wildman–Crippen LogP) is 2.84. The number of thiophene rings is 1. The van der Waals surface area contributed by atoms with Crippen molar-refractivity contribution in [1.29, 1.82) is 0 Å². The molecule has 0 unspecified atom stereocenters. The summed E-state index contributed by atoms with van der Waals surface area (Å²) in [5.74, 6) is -4.03. The molecule has 1 aromatic heterocycles. The summed E-state index contributed by atoms with van der Waals surface area (Å²) in [6, 6.07) is 2.70. The van der Waals surface area contributed by atoms with Crippen LogP contribution in [0, 0.1) is 18.6 Å². The van der Waals surface area contributed by atoms with E-state index >= 15 is 0 Å². The van der Waals surface area contributed by atoms with Crippen LogP contribution in [-0.2, 0) is 10.0 Å². The van der Waals surface area contributed by atoms with Gasteiger partial charge in [0.1, 0.15) is 9.09 Å². The quantitative estimate of drug-likeness (QED) is 0.852. The summed E-state index contributed by atoms with van der Waals surface area (Å²) < 4.78 is 57.8. The minimum Gasteiger partial charge on any atom is -0.491 e. The van der Waals surface area contributed by atoms with Crippen molar-refractivity contribution < 1.29 is 31.8 Å². The Hall–Kier alpha value is -2.20. The van der Waals surface area contributed by atoms with Crippen LogP contribution in [0.25, 0.3) is 0 Å². The molecule has 0 aliphatic rings. The molecule has 0 fully saturated rings. The van der Waals surface area contributed by atoms with E-state index in [1.165, 1.54) is 13.0 Å². The number of sulfonamides is 1. The lowest BCUT2D eigenvalue weighted by Crippen LogP contribution is -2.12. The molecular weight excluding hydrogens is 352 g/mol. The summed E-state index contributed by atoms with van der Waals surface area (Å²) in [4.78, 5) is 10.8. The number of nitrogens with one attached hydrogen (secondary N) is 1. The average Bonchev–Trinajstić information content (AvgIpc) is 2.81. The van der Waals surface area contributed by atoms with Gasteiger partial charge in [0.05, 0.1) is 12.8 Å². The Balaban J connectivity index is 2.39. The number of ether oxygens (including phenoxy) is 1. The Kier molecular flexibility index (Phi) is 4.57. The summed E-state index contributed by atoms with van der Waals surface area (Å²) >= 11 is 0.548. The lowest BCUT2D eigenvalue weighted by molar-refractivity contribution is 0.0701. The normalized spacial score (nSPS) is 11.3. The van der Waals surface area contributed by atoms with E-state index in [0.717, 1.165) is 19.2 Å². The maximum absolute atomic E-state index is 13.6. The summed E-state index contributed by atoms with van der Waals surface area (Å²) in [5, 5.41) is 8.95. The van der Waals surface area contributed by atoms with E-state index < -0.39 is 33.4 Å². The molecule has 0 saturated heterocycles. The van der Waals surface area contributed by atoms with E-state index in [2.05, 4.69) is 4.74 Å². The van der Waals surface area contributed by atoms with Crippen LogP contribution >= 0.6 is 11.3 Å². The van der Waals surface area contributed by atoms with Gasteiger partial charge in [-0.3, -0.25) is 4.72 Å². The van der Waals surface area contributed by atoms with Crippen molar-refractivity contribution in [3.63, 3.8) is 0 Å². The van der Waals surface area contributed by atoms with E-state index in [9.17, 15) is 22.0 Å². The lowest BCUT2D eigenvalue weighted by atomic mass is 10.3. The fourth-order valence-corrected chi connectivity index (χ4v) is 4.24. The predicted molar refractivity (Wildman–Crippen MR) is 79.7 cm³/mol. The van der Waals surface area contributed by atoms with Crippen LogP contribution in [0.4, 0.5) is 14.5 Å². The molecule has 0 amide bonds. The van der Waals surface area contributed by atoms with E-state index in [0.29, 0.717) is 11.3 Å². The van der Waals surface area contributed by atoms with Gasteiger partial charge in [-0.1, -0.05) is 0 Å². The highest BCUT2D eigenvalue weighted by atomic mass is 32.2. The maximum atomic E-state index is 13.6. The standard InChI is InChI=1S/C13H11F2NO5S2/c1-6-3-10(22-12(6)13(17)18)23(19,20)16-7-4-8(14)11(21-2)9(15)5-7/h3-5,16H,1-2H3,(H,17,18). The van der Waals surface area contributed by atoms with E-state index in [1.54, 1.807) is 0 Å². The van der Waals surface area contributed by atoms with Crippen molar-refractivity contribution in [2.75, 3.05) is 11.8 Å². The van der Waals surface area contributed by atoms with Crippen molar-refractivity contribution in [1.82, 2.24) is 0 Å². The van der Waals surface area contributed by atoms with Gasteiger partial charge in [-0.15, -0.1) is 11.3 Å². The highest BCUT2D eigenvalue weighted by Crippen LogP contribution is 2.30. The molecule has 0 radical (unpaired) electrons. The highest BCUT2D eigenvalue weighted by molar-refractivity contribution is 7.94. The maximum Gasteiger partial charge on any atom is 0.346 e. The molecule has 2 N–H and O–H groups in total. The van der Waals surface area contributed by atoms with E-state index in [1.807, 2.05) is 4.72 Å². The second-order valence-electron chi connectivity index (χ2n) is 4.46. The summed E-state index contributed by atoms with van der Waals surface area (Å²) in [7, 11) is -3.09. The average molecular weight is 363 g/mol. The molecule has 0 atom stereocenters. The Morgan fingerprint density at radius 2 is 1.83 bits per heavy atom. The van der Waals surface area contributed by atoms with E-state index in [4.69, 9.17) is 5.11 Å². The number of anilines is 1. The monoisotopic (exact) mass is 363 g/mol. The van der Waals surface area contributed by atoms with Gasteiger partial charge in [0.2, 0.25) is 0 Å². The number of aryl methyl sites for hydroxylation is 1. The van der Waals surface area contributed by atoms with Crippen LogP contribution in [0.15, 0.2) is 22.4 Å². The third-order valence-corrected chi connectivity index (χ3v) is 5.89. The Morgan fingerprint density at radius 3 is 2.26 bits per heavy atom. The third-order valence-electron chi connectivity index (χ3n) is 2.81. The van der Waals surface area contributed by atoms with Gasteiger partial charge in [0.15, 0.2) is 17.4 Å². The SMILES string of the molecule is COc1c(F)cc(NS(=O)(=O)c2cc(C)c(C(=O)O)s2)cc1F. The second kappa shape index (κ2) is 6.13. The van der Waals surface area contributed by atoms with Crippen molar-refractivity contribution >= 4 is 33.0 Å². The zero-order chi connectivity index (χ0) is 17.4. The number of aromatic carboxylic acids is 1. The molecule has 1 aromatic carbocycles. The first kappa shape index (κ1) is 17.2. The van der Waals surface area contributed by atoms with Gasteiger partial charge in [-0.25, -0.2) is 22.0 Å². The highest BCUT2D eigenvalue weighted by Gasteiger charge is 2.23. The number of carboxylic acids is 1. The van der Waals surface area contributed by atoms with Gasteiger partial charge in [-0.05, 0) is 18.6 Å². The second-order valence-corrected chi connectivity index (χ2v) is 7.42. The first-order valence-corrected chi connectivity index (χ1v) is 8.35. The molecule has 6 nitrogen and oxygen atoms in total. The third kappa shape index (κ3) is 3.42.